The first-order chi connectivity index (χ1) is 17.6. The third-order valence-corrected chi connectivity index (χ3v) is 5.91. The number of likely N-dealkylation sites (N-methyl/N-ethyl adjacent to an activating group) is 1. The fraction of sp³-hybridized carbons (Fsp3) is 0.219. The maximum atomic E-state index is 13.4. The molecule has 0 amide bonds. The number of nitrogens with one attached hydrogen (secondary N) is 1. The summed E-state index contributed by atoms with van der Waals surface area (Å²) in [6, 6.07) is 8.45. The Morgan fingerprint density at radius 2 is 1.84 bits per heavy atom. The smallest absolute Gasteiger partial charge is 0.123 e. The van der Waals surface area contributed by atoms with Gasteiger partial charge in [-0.3, -0.25) is 4.98 Å². The van der Waals surface area contributed by atoms with Gasteiger partial charge >= 0.3 is 0 Å². The van der Waals surface area contributed by atoms with Gasteiger partial charge in [-0.2, -0.15) is 0 Å². The number of nitrogens with zero attached hydrogens (tertiary/aromatic N) is 2. The van der Waals surface area contributed by atoms with Gasteiger partial charge in [-0.15, -0.1) is 0 Å². The molecule has 2 aromatic rings. The summed E-state index contributed by atoms with van der Waals surface area (Å²) < 4.78 is 13.4. The second-order valence-corrected chi connectivity index (χ2v) is 9.15. The van der Waals surface area contributed by atoms with Crippen LogP contribution in [0.15, 0.2) is 109 Å². The van der Waals surface area contributed by atoms with Crippen LogP contribution in [-0.2, 0) is 6.42 Å². The van der Waals surface area contributed by atoms with Crippen molar-refractivity contribution in [3.8, 4) is 0 Å². The fourth-order valence-corrected chi connectivity index (χ4v) is 3.88. The predicted octanol–water partition coefficient (Wildman–Crippen LogP) is 7.09. The van der Waals surface area contributed by atoms with Crippen molar-refractivity contribution in [2.24, 2.45) is 0 Å². The van der Waals surface area contributed by atoms with Crippen LogP contribution in [0, 0.1) is 5.82 Å². The largest absolute Gasteiger partial charge is 0.397 e. The van der Waals surface area contributed by atoms with Crippen LogP contribution in [0.4, 0.5) is 10.1 Å². The summed E-state index contributed by atoms with van der Waals surface area (Å²) in [5.74, 6) is -0.268. The molecular formula is C32H39FN4. The molecule has 3 N–H and O–H groups in total. The second kappa shape index (κ2) is 14.0. The second-order valence-electron chi connectivity index (χ2n) is 9.15. The van der Waals surface area contributed by atoms with Crippen LogP contribution in [0.25, 0.3) is 11.1 Å². The first kappa shape index (κ1) is 29.3. The van der Waals surface area contributed by atoms with Crippen molar-refractivity contribution in [1.29, 1.82) is 0 Å². The van der Waals surface area contributed by atoms with E-state index in [2.05, 4.69) is 41.0 Å². The number of nitrogens with two attached hydrogens (primary N) is 1. The van der Waals surface area contributed by atoms with E-state index in [1.807, 2.05) is 59.2 Å². The van der Waals surface area contributed by atoms with Gasteiger partial charge in [0.05, 0.1) is 17.6 Å². The molecule has 37 heavy (non-hydrogen) atoms. The number of rotatable bonds is 12. The summed E-state index contributed by atoms with van der Waals surface area (Å²) >= 11 is 0. The number of nitrogen functional groups attached to an aromatic ring is 1. The number of hydrogen-bond donors (Lipinski definition) is 2. The Balaban J connectivity index is 2.28. The molecule has 4 nitrogen and oxygen atoms in total. The number of allylic oxidation sites excluding steroid dienone is 9. The minimum absolute atomic E-state index is 0.268. The van der Waals surface area contributed by atoms with Crippen molar-refractivity contribution in [2.75, 3.05) is 26.4 Å². The van der Waals surface area contributed by atoms with E-state index in [1.165, 1.54) is 12.1 Å². The summed E-state index contributed by atoms with van der Waals surface area (Å²) in [6.45, 7) is 18.8. The molecule has 1 aromatic carbocycles. The summed E-state index contributed by atoms with van der Waals surface area (Å²) in [5, 5.41) is 3.42. The van der Waals surface area contributed by atoms with Crippen LogP contribution in [-0.4, -0.2) is 30.5 Å². The van der Waals surface area contributed by atoms with E-state index < -0.39 is 0 Å². The molecule has 194 valence electrons. The number of hydrogen-bond acceptors (Lipinski definition) is 4. The summed E-state index contributed by atoms with van der Waals surface area (Å²) in [4.78, 5) is 6.67. The van der Waals surface area contributed by atoms with Crippen molar-refractivity contribution >= 4 is 16.8 Å². The number of anilines is 1. The molecule has 0 radical (unpaired) electrons. The van der Waals surface area contributed by atoms with Crippen LogP contribution in [0.5, 0.6) is 0 Å². The van der Waals surface area contributed by atoms with Gasteiger partial charge in [0, 0.05) is 24.4 Å². The van der Waals surface area contributed by atoms with E-state index in [0.717, 1.165) is 57.1 Å². The van der Waals surface area contributed by atoms with Gasteiger partial charge in [-0.25, -0.2) is 4.39 Å². The van der Waals surface area contributed by atoms with Crippen molar-refractivity contribution in [1.82, 2.24) is 15.2 Å². The van der Waals surface area contributed by atoms with E-state index >= 15 is 0 Å². The third-order valence-electron chi connectivity index (χ3n) is 5.91. The molecule has 0 fully saturated rings. The number of benzene rings is 1. The zero-order valence-corrected chi connectivity index (χ0v) is 22.7. The Hall–Kier alpha value is -3.96. The van der Waals surface area contributed by atoms with Crippen LogP contribution >= 0.6 is 0 Å². The van der Waals surface area contributed by atoms with Crippen LogP contribution in [0.3, 0.4) is 0 Å². The van der Waals surface area contributed by atoms with Gasteiger partial charge in [0.1, 0.15) is 5.82 Å². The average molecular weight is 499 g/mol. The highest BCUT2D eigenvalue weighted by Crippen LogP contribution is 2.26. The van der Waals surface area contributed by atoms with E-state index in [9.17, 15) is 4.39 Å². The number of aromatic nitrogens is 1. The molecule has 0 atom stereocenters. The lowest BCUT2D eigenvalue weighted by atomic mass is 9.97. The first-order valence-electron chi connectivity index (χ1n) is 12.2. The van der Waals surface area contributed by atoms with Gasteiger partial charge in [-0.1, -0.05) is 56.2 Å². The Morgan fingerprint density at radius 1 is 1.16 bits per heavy atom. The summed E-state index contributed by atoms with van der Waals surface area (Å²) in [7, 11) is 4.05. The SMILES string of the molecule is C=C/C=C(\C(C)=C(/C)NC(=C)Cc1cc(C(/C=C(\C=C)CN(C)C)=C/C)ncc1N)c1ccc(F)cc1. The van der Waals surface area contributed by atoms with E-state index in [0.29, 0.717) is 12.1 Å². The quantitative estimate of drug-likeness (QED) is 0.307. The summed E-state index contributed by atoms with van der Waals surface area (Å²) in [6.07, 6.45) is 11.9. The molecule has 1 heterocycles. The van der Waals surface area contributed by atoms with Crippen molar-refractivity contribution in [3.63, 3.8) is 0 Å². The van der Waals surface area contributed by atoms with Crippen molar-refractivity contribution in [3.05, 3.63) is 132 Å². The highest BCUT2D eigenvalue weighted by Gasteiger charge is 2.11. The normalized spacial score (nSPS) is 13.3. The molecule has 0 unspecified atom stereocenters. The maximum Gasteiger partial charge on any atom is 0.123 e. The molecule has 0 saturated heterocycles. The molecule has 0 bridgehead atoms. The van der Waals surface area contributed by atoms with Crippen LogP contribution < -0.4 is 11.1 Å². The van der Waals surface area contributed by atoms with Gasteiger partial charge in [0.2, 0.25) is 0 Å². The number of halogens is 1. The van der Waals surface area contributed by atoms with Gasteiger partial charge in [-0.05, 0) is 92.6 Å². The lowest BCUT2D eigenvalue weighted by Gasteiger charge is -2.17. The topological polar surface area (TPSA) is 54.2 Å². The van der Waals surface area contributed by atoms with E-state index in [-0.39, 0.29) is 5.82 Å². The maximum absolute atomic E-state index is 13.4. The molecule has 0 aliphatic heterocycles. The van der Waals surface area contributed by atoms with E-state index in [1.54, 1.807) is 24.4 Å². The van der Waals surface area contributed by atoms with Crippen LogP contribution in [0.2, 0.25) is 0 Å². The average Bonchev–Trinajstić information content (AvgIpc) is 2.86. The molecular weight excluding hydrogens is 459 g/mol. The molecule has 0 spiro atoms. The molecule has 0 aliphatic carbocycles. The molecule has 2 rings (SSSR count). The third kappa shape index (κ3) is 8.58. The van der Waals surface area contributed by atoms with Gasteiger partial charge < -0.3 is 16.0 Å². The highest BCUT2D eigenvalue weighted by atomic mass is 19.1. The molecule has 5 heteroatoms. The Morgan fingerprint density at radius 3 is 2.41 bits per heavy atom. The Kier molecular flexibility index (Phi) is 11.0. The predicted molar refractivity (Wildman–Crippen MR) is 158 cm³/mol. The zero-order chi connectivity index (χ0) is 27.5. The van der Waals surface area contributed by atoms with E-state index in [4.69, 9.17) is 5.73 Å². The highest BCUT2D eigenvalue weighted by molar-refractivity contribution is 5.80. The van der Waals surface area contributed by atoms with Crippen molar-refractivity contribution < 1.29 is 4.39 Å². The standard InChI is InChI=1S/C32H39FN4/c1-9-12-30(27-13-15-29(33)16-14-27)23(5)24(6)36-22(4)17-28-19-32(35-20-31(28)34)26(11-3)18-25(10-2)21-37(7)8/h9-16,18-20,36H,1-2,4,17,21,34H2,3,5-8H3/b24-23+,25-18+,26-11+,30-12+. The minimum atomic E-state index is -0.268. The van der Waals surface area contributed by atoms with Gasteiger partial charge in [0.25, 0.3) is 0 Å². The van der Waals surface area contributed by atoms with Gasteiger partial charge in [0.15, 0.2) is 0 Å². The van der Waals surface area contributed by atoms with Crippen molar-refractivity contribution in [2.45, 2.75) is 27.2 Å². The zero-order valence-electron chi connectivity index (χ0n) is 22.7. The van der Waals surface area contributed by atoms with Crippen LogP contribution in [0.1, 0.15) is 37.6 Å². The Labute approximate surface area is 221 Å². The fourth-order valence-electron chi connectivity index (χ4n) is 3.88. The number of pyridine rings is 1. The summed E-state index contributed by atoms with van der Waals surface area (Å²) in [5.41, 5.74) is 15.4. The lowest BCUT2D eigenvalue weighted by Crippen LogP contribution is -2.15. The minimum Gasteiger partial charge on any atom is -0.397 e. The monoisotopic (exact) mass is 498 g/mol. The molecule has 0 aliphatic rings. The first-order valence-corrected chi connectivity index (χ1v) is 12.2. The lowest BCUT2D eigenvalue weighted by molar-refractivity contribution is 0.449. The Bertz CT molecular complexity index is 1260. The molecule has 1 aromatic heterocycles. The molecule has 0 saturated carbocycles.